The first kappa shape index (κ1) is 21.0. The molecule has 0 atom stereocenters. The van der Waals surface area contributed by atoms with Gasteiger partial charge in [0.15, 0.2) is 12.3 Å². The predicted octanol–water partition coefficient (Wildman–Crippen LogP) is 2.60. The number of hydrogen-bond acceptors (Lipinski definition) is 5. The van der Waals surface area contributed by atoms with Gasteiger partial charge in [-0.15, -0.1) is 5.10 Å². The molecule has 0 fully saturated rings. The highest BCUT2D eigenvalue weighted by molar-refractivity contribution is 5.93. The van der Waals surface area contributed by atoms with Gasteiger partial charge in [-0.25, -0.2) is 4.68 Å². The van der Waals surface area contributed by atoms with Crippen LogP contribution in [-0.2, 0) is 11.3 Å². The topological polar surface area (TPSA) is 98.1 Å². The molecule has 0 aliphatic rings. The Morgan fingerprint density at radius 2 is 1.87 bits per heavy atom. The summed E-state index contributed by atoms with van der Waals surface area (Å²) in [6, 6.07) is 15.6. The quantitative estimate of drug-likeness (QED) is 0.587. The molecule has 0 spiro atoms. The molecule has 0 aliphatic heterocycles. The van der Waals surface area contributed by atoms with Crippen molar-refractivity contribution in [1.82, 2.24) is 25.8 Å². The van der Waals surface area contributed by atoms with Crippen LogP contribution < -0.4 is 15.6 Å². The lowest BCUT2D eigenvalue weighted by atomic mass is 10.0. The summed E-state index contributed by atoms with van der Waals surface area (Å²) in [5.74, 6) is -0.102. The molecule has 8 heteroatoms. The van der Waals surface area contributed by atoms with Gasteiger partial charge in [-0.2, -0.15) is 0 Å². The number of nitrogens with one attached hydrogen (secondary N) is 2. The molecule has 0 bridgehead atoms. The van der Waals surface area contributed by atoms with Crippen molar-refractivity contribution in [3.8, 4) is 5.75 Å². The lowest BCUT2D eigenvalue weighted by Gasteiger charge is -2.14. The zero-order valence-electron chi connectivity index (χ0n) is 17.3. The molecule has 0 unspecified atom stereocenters. The summed E-state index contributed by atoms with van der Waals surface area (Å²) in [5, 5.41) is 7.78. The summed E-state index contributed by atoms with van der Waals surface area (Å²) < 4.78 is 7.21. The van der Waals surface area contributed by atoms with E-state index in [2.05, 4.69) is 35.0 Å². The average Bonchev–Trinajstić information content (AvgIpc) is 3.19. The number of hydrogen-bond donors (Lipinski definition) is 2. The second-order valence-electron chi connectivity index (χ2n) is 7.27. The van der Waals surface area contributed by atoms with Gasteiger partial charge in [0.05, 0.1) is 12.7 Å². The number of aromatic nitrogens is 3. The normalized spacial score (nSPS) is 10.7. The number of aryl methyl sites for hydroxylation is 1. The van der Waals surface area contributed by atoms with Crippen LogP contribution in [0.25, 0.3) is 0 Å². The third kappa shape index (κ3) is 5.66. The molecule has 156 valence electrons. The SMILES string of the molecule is Cc1ccc(C(C)C)c(OCC(=O)NNC(=O)c2cn(Cc3ccccc3)nn2)c1. The fourth-order valence-corrected chi connectivity index (χ4v) is 2.86. The van der Waals surface area contributed by atoms with Crippen LogP contribution in [0.5, 0.6) is 5.75 Å². The van der Waals surface area contributed by atoms with Crippen LogP contribution in [0.4, 0.5) is 0 Å². The number of carbonyl (C=O) groups excluding carboxylic acids is 2. The Morgan fingerprint density at radius 3 is 2.60 bits per heavy atom. The fourth-order valence-electron chi connectivity index (χ4n) is 2.86. The molecule has 1 heterocycles. The Kier molecular flexibility index (Phi) is 6.79. The first-order valence-electron chi connectivity index (χ1n) is 9.69. The third-order valence-electron chi connectivity index (χ3n) is 4.42. The minimum atomic E-state index is -0.555. The van der Waals surface area contributed by atoms with Gasteiger partial charge >= 0.3 is 0 Å². The molecule has 3 rings (SSSR count). The van der Waals surface area contributed by atoms with Crippen molar-refractivity contribution >= 4 is 11.8 Å². The maximum atomic E-state index is 12.2. The summed E-state index contributed by atoms with van der Waals surface area (Å²) in [7, 11) is 0. The van der Waals surface area contributed by atoms with E-state index in [0.717, 1.165) is 16.7 Å². The van der Waals surface area contributed by atoms with Gasteiger partial charge in [-0.1, -0.05) is 61.5 Å². The molecule has 30 heavy (non-hydrogen) atoms. The maximum Gasteiger partial charge on any atom is 0.291 e. The van der Waals surface area contributed by atoms with E-state index in [9.17, 15) is 9.59 Å². The summed E-state index contributed by atoms with van der Waals surface area (Å²) >= 11 is 0. The van der Waals surface area contributed by atoms with E-state index in [0.29, 0.717) is 12.3 Å². The Hall–Kier alpha value is -3.68. The van der Waals surface area contributed by atoms with Gasteiger partial charge in [-0.05, 0) is 35.6 Å². The molecule has 2 aromatic carbocycles. The predicted molar refractivity (Wildman–Crippen MR) is 112 cm³/mol. The molecule has 0 radical (unpaired) electrons. The van der Waals surface area contributed by atoms with Gasteiger partial charge in [-0.3, -0.25) is 20.4 Å². The van der Waals surface area contributed by atoms with E-state index >= 15 is 0 Å². The standard InChI is InChI=1S/C22H25N5O3/c1-15(2)18-10-9-16(3)11-20(18)30-14-21(28)24-25-22(29)19-13-27(26-23-19)12-17-7-5-4-6-8-17/h4-11,13,15H,12,14H2,1-3H3,(H,24,28)(H,25,29). The zero-order valence-corrected chi connectivity index (χ0v) is 17.3. The maximum absolute atomic E-state index is 12.2. The first-order chi connectivity index (χ1) is 14.4. The number of ether oxygens (including phenoxy) is 1. The van der Waals surface area contributed by atoms with E-state index in [1.807, 2.05) is 55.5 Å². The summed E-state index contributed by atoms with van der Waals surface area (Å²) in [5.41, 5.74) is 7.87. The van der Waals surface area contributed by atoms with E-state index < -0.39 is 11.8 Å². The summed E-state index contributed by atoms with van der Waals surface area (Å²) in [4.78, 5) is 24.3. The van der Waals surface area contributed by atoms with Crippen molar-refractivity contribution in [2.24, 2.45) is 0 Å². The Balaban J connectivity index is 1.49. The second-order valence-corrected chi connectivity index (χ2v) is 7.27. The number of rotatable bonds is 7. The van der Waals surface area contributed by atoms with Crippen molar-refractivity contribution < 1.29 is 14.3 Å². The van der Waals surface area contributed by atoms with Crippen LogP contribution in [0.1, 0.15) is 46.9 Å². The van der Waals surface area contributed by atoms with Crippen molar-refractivity contribution in [1.29, 1.82) is 0 Å². The van der Waals surface area contributed by atoms with E-state index in [-0.39, 0.29) is 18.2 Å². The molecule has 0 aliphatic carbocycles. The molecule has 2 amide bonds. The lowest BCUT2D eigenvalue weighted by molar-refractivity contribution is -0.123. The second kappa shape index (κ2) is 9.69. The van der Waals surface area contributed by atoms with Gasteiger partial charge in [0.1, 0.15) is 5.75 Å². The molecule has 8 nitrogen and oxygen atoms in total. The van der Waals surface area contributed by atoms with E-state index in [4.69, 9.17) is 4.74 Å². The molecular weight excluding hydrogens is 382 g/mol. The molecule has 3 aromatic rings. The highest BCUT2D eigenvalue weighted by Gasteiger charge is 2.14. The van der Waals surface area contributed by atoms with Crippen LogP contribution in [-0.4, -0.2) is 33.4 Å². The minimum Gasteiger partial charge on any atom is -0.483 e. The van der Waals surface area contributed by atoms with Crippen molar-refractivity contribution in [3.05, 3.63) is 77.1 Å². The minimum absolute atomic E-state index is 0.105. The molecule has 1 aromatic heterocycles. The Morgan fingerprint density at radius 1 is 1.10 bits per heavy atom. The smallest absolute Gasteiger partial charge is 0.291 e. The Bertz CT molecular complexity index is 1010. The van der Waals surface area contributed by atoms with E-state index in [1.165, 1.54) is 6.20 Å². The first-order valence-corrected chi connectivity index (χ1v) is 9.69. The van der Waals surface area contributed by atoms with Crippen molar-refractivity contribution in [2.45, 2.75) is 33.2 Å². The fraction of sp³-hybridized carbons (Fsp3) is 0.273. The van der Waals surface area contributed by atoms with Crippen molar-refractivity contribution in [2.75, 3.05) is 6.61 Å². The zero-order chi connectivity index (χ0) is 21.5. The molecule has 0 saturated heterocycles. The number of hydrazine groups is 1. The number of benzene rings is 2. The van der Waals surface area contributed by atoms with Crippen LogP contribution in [0, 0.1) is 6.92 Å². The van der Waals surface area contributed by atoms with Crippen LogP contribution in [0.2, 0.25) is 0 Å². The van der Waals surface area contributed by atoms with Gasteiger partial charge in [0.2, 0.25) is 0 Å². The highest BCUT2D eigenvalue weighted by Crippen LogP contribution is 2.27. The van der Waals surface area contributed by atoms with E-state index in [1.54, 1.807) is 4.68 Å². The average molecular weight is 407 g/mol. The van der Waals surface area contributed by atoms with Crippen LogP contribution in [0.3, 0.4) is 0 Å². The van der Waals surface area contributed by atoms with Gasteiger partial charge in [0.25, 0.3) is 11.8 Å². The third-order valence-corrected chi connectivity index (χ3v) is 4.42. The molecular formula is C22H25N5O3. The lowest BCUT2D eigenvalue weighted by Crippen LogP contribution is -2.44. The summed E-state index contributed by atoms with van der Waals surface area (Å²) in [6.07, 6.45) is 1.52. The monoisotopic (exact) mass is 407 g/mol. The van der Waals surface area contributed by atoms with Crippen LogP contribution in [0.15, 0.2) is 54.7 Å². The number of nitrogens with zero attached hydrogens (tertiary/aromatic N) is 3. The largest absolute Gasteiger partial charge is 0.483 e. The van der Waals surface area contributed by atoms with Gasteiger partial charge < -0.3 is 4.74 Å². The molecule has 2 N–H and O–H groups in total. The highest BCUT2D eigenvalue weighted by atomic mass is 16.5. The summed E-state index contributed by atoms with van der Waals surface area (Å²) in [6.45, 7) is 6.36. The molecule has 0 saturated carbocycles. The van der Waals surface area contributed by atoms with Gasteiger partial charge in [0, 0.05) is 0 Å². The number of carbonyl (C=O) groups is 2. The number of amides is 2. The van der Waals surface area contributed by atoms with Crippen LogP contribution >= 0.6 is 0 Å². The van der Waals surface area contributed by atoms with Crippen molar-refractivity contribution in [3.63, 3.8) is 0 Å². The Labute approximate surface area is 175 Å².